The first-order valence-electron chi connectivity index (χ1n) is 5.80. The standard InChI is InChI=1S/C14H20ClNO/c1-10(14(2,3)4)16-13(17)12-7-5-6-11(8-12)9-15/h5-8,10H,9H2,1-4H3,(H,16,17). The van der Waals surface area contributed by atoms with Crippen LogP contribution >= 0.6 is 11.6 Å². The van der Waals surface area contributed by atoms with Crippen molar-refractivity contribution in [3.63, 3.8) is 0 Å². The van der Waals surface area contributed by atoms with E-state index in [4.69, 9.17) is 11.6 Å². The van der Waals surface area contributed by atoms with Crippen molar-refractivity contribution < 1.29 is 4.79 Å². The Kier molecular flexibility index (Phi) is 4.58. The number of hydrogen-bond acceptors (Lipinski definition) is 1. The molecule has 0 spiro atoms. The number of amides is 1. The lowest BCUT2D eigenvalue weighted by Crippen LogP contribution is -2.41. The zero-order valence-electron chi connectivity index (χ0n) is 10.9. The van der Waals surface area contributed by atoms with E-state index in [0.717, 1.165) is 5.56 Å². The molecule has 0 bridgehead atoms. The fraction of sp³-hybridized carbons (Fsp3) is 0.500. The minimum atomic E-state index is -0.0422. The number of carbonyl (C=O) groups excluding carboxylic acids is 1. The Labute approximate surface area is 108 Å². The smallest absolute Gasteiger partial charge is 0.251 e. The molecule has 0 aliphatic rings. The summed E-state index contributed by atoms with van der Waals surface area (Å²) in [7, 11) is 0. The molecule has 0 saturated carbocycles. The highest BCUT2D eigenvalue weighted by Gasteiger charge is 2.22. The Balaban J connectivity index is 2.76. The molecule has 0 fully saturated rings. The van der Waals surface area contributed by atoms with Crippen LogP contribution in [0.25, 0.3) is 0 Å². The van der Waals surface area contributed by atoms with Gasteiger partial charge in [-0.1, -0.05) is 32.9 Å². The normalized spacial score (nSPS) is 13.2. The van der Waals surface area contributed by atoms with Crippen LogP contribution in [0.1, 0.15) is 43.6 Å². The highest BCUT2D eigenvalue weighted by molar-refractivity contribution is 6.17. The van der Waals surface area contributed by atoms with E-state index in [9.17, 15) is 4.79 Å². The van der Waals surface area contributed by atoms with Crippen LogP contribution in [0.5, 0.6) is 0 Å². The maximum atomic E-state index is 12.0. The minimum Gasteiger partial charge on any atom is -0.349 e. The summed E-state index contributed by atoms with van der Waals surface area (Å²) in [4.78, 5) is 12.0. The molecule has 0 saturated heterocycles. The largest absolute Gasteiger partial charge is 0.349 e. The van der Waals surface area contributed by atoms with Crippen molar-refractivity contribution in [3.05, 3.63) is 35.4 Å². The first kappa shape index (κ1) is 14.0. The van der Waals surface area contributed by atoms with Gasteiger partial charge in [-0.2, -0.15) is 0 Å². The number of hydrogen-bond donors (Lipinski definition) is 1. The molecule has 0 aliphatic heterocycles. The zero-order valence-corrected chi connectivity index (χ0v) is 11.6. The molecule has 0 aromatic heterocycles. The zero-order chi connectivity index (χ0) is 13.1. The molecule has 0 radical (unpaired) electrons. The van der Waals surface area contributed by atoms with Gasteiger partial charge in [0.15, 0.2) is 0 Å². The first-order valence-corrected chi connectivity index (χ1v) is 6.34. The van der Waals surface area contributed by atoms with E-state index in [1.165, 1.54) is 0 Å². The molecule has 1 atom stereocenters. The van der Waals surface area contributed by atoms with Gasteiger partial charge in [0.05, 0.1) is 0 Å². The van der Waals surface area contributed by atoms with Gasteiger partial charge in [-0.3, -0.25) is 4.79 Å². The van der Waals surface area contributed by atoms with Crippen molar-refractivity contribution in [2.24, 2.45) is 5.41 Å². The van der Waals surface area contributed by atoms with Gasteiger partial charge < -0.3 is 5.32 Å². The van der Waals surface area contributed by atoms with Crippen LogP contribution in [0, 0.1) is 5.41 Å². The molecule has 0 aliphatic carbocycles. The summed E-state index contributed by atoms with van der Waals surface area (Å²) in [6, 6.07) is 7.53. The van der Waals surface area contributed by atoms with Crippen molar-refractivity contribution in [2.45, 2.75) is 39.6 Å². The van der Waals surface area contributed by atoms with Gasteiger partial charge in [0, 0.05) is 17.5 Å². The third kappa shape index (κ3) is 4.04. The van der Waals surface area contributed by atoms with Crippen LogP contribution < -0.4 is 5.32 Å². The lowest BCUT2D eigenvalue weighted by molar-refractivity contribution is 0.0910. The van der Waals surface area contributed by atoms with Gasteiger partial charge in [-0.25, -0.2) is 0 Å². The lowest BCUT2D eigenvalue weighted by atomic mass is 9.88. The number of benzene rings is 1. The average Bonchev–Trinajstić information content (AvgIpc) is 2.27. The molecule has 1 N–H and O–H groups in total. The quantitative estimate of drug-likeness (QED) is 0.820. The van der Waals surface area contributed by atoms with Gasteiger partial charge >= 0.3 is 0 Å². The molecular weight excluding hydrogens is 234 g/mol. The third-order valence-corrected chi connectivity index (χ3v) is 3.30. The molecule has 3 heteroatoms. The predicted molar refractivity (Wildman–Crippen MR) is 72.4 cm³/mol. The van der Waals surface area contributed by atoms with E-state index in [1.54, 1.807) is 6.07 Å². The number of carbonyl (C=O) groups is 1. The van der Waals surface area contributed by atoms with Crippen LogP contribution in [0.15, 0.2) is 24.3 Å². The molecule has 1 aromatic rings. The summed E-state index contributed by atoms with van der Waals surface area (Å²) < 4.78 is 0. The SMILES string of the molecule is CC(NC(=O)c1cccc(CCl)c1)C(C)(C)C. The van der Waals surface area contributed by atoms with Crippen molar-refractivity contribution in [1.29, 1.82) is 0 Å². The maximum Gasteiger partial charge on any atom is 0.251 e. The van der Waals surface area contributed by atoms with Crippen molar-refractivity contribution in [1.82, 2.24) is 5.32 Å². The Morgan fingerprint density at radius 1 is 1.41 bits per heavy atom. The minimum absolute atomic E-state index is 0.0422. The average molecular weight is 254 g/mol. The second kappa shape index (κ2) is 5.54. The maximum absolute atomic E-state index is 12.0. The van der Waals surface area contributed by atoms with Crippen LogP contribution in [0.4, 0.5) is 0 Å². The molecule has 94 valence electrons. The Morgan fingerprint density at radius 3 is 2.59 bits per heavy atom. The second-order valence-corrected chi connectivity index (χ2v) is 5.66. The molecule has 17 heavy (non-hydrogen) atoms. The van der Waals surface area contributed by atoms with E-state index in [1.807, 2.05) is 25.1 Å². The molecular formula is C14H20ClNO. The number of halogens is 1. The molecule has 1 rings (SSSR count). The summed E-state index contributed by atoms with van der Waals surface area (Å²) in [5.74, 6) is 0.384. The molecule has 2 nitrogen and oxygen atoms in total. The Morgan fingerprint density at radius 2 is 2.06 bits per heavy atom. The first-order chi connectivity index (χ1) is 7.84. The summed E-state index contributed by atoms with van der Waals surface area (Å²) in [5.41, 5.74) is 1.68. The van der Waals surface area contributed by atoms with Crippen molar-refractivity contribution in [3.8, 4) is 0 Å². The highest BCUT2D eigenvalue weighted by Crippen LogP contribution is 2.19. The van der Waals surface area contributed by atoms with Crippen LogP contribution in [-0.4, -0.2) is 11.9 Å². The fourth-order valence-electron chi connectivity index (χ4n) is 1.29. The summed E-state index contributed by atoms with van der Waals surface area (Å²) in [6.07, 6.45) is 0. The van der Waals surface area contributed by atoms with Crippen LogP contribution in [0.3, 0.4) is 0 Å². The van der Waals surface area contributed by atoms with E-state index < -0.39 is 0 Å². The predicted octanol–water partition coefficient (Wildman–Crippen LogP) is 3.59. The van der Waals surface area contributed by atoms with E-state index in [-0.39, 0.29) is 17.4 Å². The Bertz CT molecular complexity index is 395. The van der Waals surface area contributed by atoms with Crippen LogP contribution in [0.2, 0.25) is 0 Å². The van der Waals surface area contributed by atoms with Gasteiger partial charge in [0.25, 0.3) is 5.91 Å². The third-order valence-electron chi connectivity index (χ3n) is 2.99. The molecule has 1 aromatic carbocycles. The summed E-state index contributed by atoms with van der Waals surface area (Å²) in [6.45, 7) is 8.33. The lowest BCUT2D eigenvalue weighted by Gasteiger charge is -2.28. The monoisotopic (exact) mass is 253 g/mol. The highest BCUT2D eigenvalue weighted by atomic mass is 35.5. The second-order valence-electron chi connectivity index (χ2n) is 5.40. The summed E-state index contributed by atoms with van der Waals surface area (Å²) in [5, 5.41) is 3.01. The van der Waals surface area contributed by atoms with E-state index >= 15 is 0 Å². The van der Waals surface area contributed by atoms with Crippen LogP contribution in [-0.2, 0) is 5.88 Å². The van der Waals surface area contributed by atoms with Gasteiger partial charge in [-0.05, 0) is 30.0 Å². The number of nitrogens with one attached hydrogen (secondary N) is 1. The molecule has 0 heterocycles. The number of rotatable bonds is 3. The van der Waals surface area contributed by atoms with Gasteiger partial charge in [0.1, 0.15) is 0 Å². The van der Waals surface area contributed by atoms with Crippen molar-refractivity contribution >= 4 is 17.5 Å². The topological polar surface area (TPSA) is 29.1 Å². The van der Waals surface area contributed by atoms with E-state index in [0.29, 0.717) is 11.4 Å². The summed E-state index contributed by atoms with van der Waals surface area (Å²) >= 11 is 5.75. The molecule has 1 amide bonds. The van der Waals surface area contributed by atoms with Gasteiger partial charge in [0.2, 0.25) is 0 Å². The Hall–Kier alpha value is -1.02. The fourth-order valence-corrected chi connectivity index (χ4v) is 1.46. The molecule has 1 unspecified atom stereocenters. The van der Waals surface area contributed by atoms with Crippen molar-refractivity contribution in [2.75, 3.05) is 0 Å². The van der Waals surface area contributed by atoms with Gasteiger partial charge in [-0.15, -0.1) is 11.6 Å². The number of alkyl halides is 1. The van der Waals surface area contributed by atoms with E-state index in [2.05, 4.69) is 26.1 Å².